The highest BCUT2D eigenvalue weighted by Crippen LogP contribution is 2.14. The molecule has 0 saturated heterocycles. The van der Waals surface area contributed by atoms with Crippen molar-refractivity contribution in [1.29, 1.82) is 0 Å². The second-order valence-corrected chi connectivity index (χ2v) is 3.45. The van der Waals surface area contributed by atoms with Crippen LogP contribution >= 0.6 is 12.2 Å². The Hall–Kier alpha value is -1.13. The fourth-order valence-corrected chi connectivity index (χ4v) is 1.28. The Balaban J connectivity index is 2.36. The van der Waals surface area contributed by atoms with Gasteiger partial charge in [-0.2, -0.15) is 0 Å². The summed E-state index contributed by atoms with van der Waals surface area (Å²) in [4.78, 5) is 0. The van der Waals surface area contributed by atoms with Crippen molar-refractivity contribution in [3.8, 4) is 0 Å². The number of benzene rings is 1. The molecule has 1 aromatic carbocycles. The molecule has 76 valence electrons. The van der Waals surface area contributed by atoms with Gasteiger partial charge >= 0.3 is 0 Å². The van der Waals surface area contributed by atoms with E-state index in [1.165, 1.54) is 0 Å². The topological polar surface area (TPSA) is 58.3 Å². The summed E-state index contributed by atoms with van der Waals surface area (Å²) < 4.78 is 0. The minimum atomic E-state index is -0.460. The van der Waals surface area contributed by atoms with Crippen LogP contribution in [0.5, 0.6) is 0 Å². The van der Waals surface area contributed by atoms with Crippen LogP contribution in [0, 0.1) is 0 Å². The fourth-order valence-electron chi connectivity index (χ4n) is 1.17. The third-order valence-electron chi connectivity index (χ3n) is 1.90. The molecule has 3 nitrogen and oxygen atoms in total. The average Bonchev–Trinajstić information content (AvgIpc) is 2.18. The van der Waals surface area contributed by atoms with Crippen LogP contribution in [0.15, 0.2) is 30.3 Å². The molecule has 0 aromatic heterocycles. The Morgan fingerprint density at radius 1 is 1.43 bits per heavy atom. The number of aliphatic hydroxyl groups is 1. The number of aliphatic hydroxyl groups excluding tert-OH is 1. The quantitative estimate of drug-likeness (QED) is 0.647. The maximum Gasteiger partial charge on any atom is 0.163 e. The Morgan fingerprint density at radius 2 is 2.07 bits per heavy atom. The van der Waals surface area contributed by atoms with Crippen LogP contribution < -0.4 is 11.1 Å². The molecule has 1 rings (SSSR count). The van der Waals surface area contributed by atoms with Gasteiger partial charge in [-0.05, 0) is 24.2 Å². The minimum absolute atomic E-state index is 0.269. The second kappa shape index (κ2) is 5.57. The van der Waals surface area contributed by atoms with E-state index in [1.54, 1.807) is 0 Å². The summed E-state index contributed by atoms with van der Waals surface area (Å²) >= 11 is 4.65. The molecular weight excluding hydrogens is 196 g/mol. The van der Waals surface area contributed by atoms with Crippen molar-refractivity contribution in [2.24, 2.45) is 5.73 Å². The van der Waals surface area contributed by atoms with Crippen LogP contribution in [0.1, 0.15) is 18.1 Å². The molecule has 0 saturated carbocycles. The third kappa shape index (κ3) is 3.72. The van der Waals surface area contributed by atoms with Gasteiger partial charge in [0.1, 0.15) is 0 Å². The first-order valence-corrected chi connectivity index (χ1v) is 4.87. The van der Waals surface area contributed by atoms with Crippen LogP contribution in [0.25, 0.3) is 0 Å². The van der Waals surface area contributed by atoms with E-state index in [1.807, 2.05) is 30.3 Å². The molecule has 0 aliphatic rings. The Kier molecular flexibility index (Phi) is 4.35. The first-order valence-electron chi connectivity index (χ1n) is 4.46. The van der Waals surface area contributed by atoms with Crippen molar-refractivity contribution in [3.63, 3.8) is 0 Å². The van der Waals surface area contributed by atoms with Gasteiger partial charge in [0.2, 0.25) is 0 Å². The van der Waals surface area contributed by atoms with Crippen LogP contribution in [-0.4, -0.2) is 16.8 Å². The van der Waals surface area contributed by atoms with E-state index < -0.39 is 6.10 Å². The summed E-state index contributed by atoms with van der Waals surface area (Å²) in [7, 11) is 0. The number of thiocarbonyl (C=S) groups is 1. The summed E-state index contributed by atoms with van der Waals surface area (Å²) in [5.41, 5.74) is 6.17. The van der Waals surface area contributed by atoms with Crippen LogP contribution in [0.4, 0.5) is 0 Å². The van der Waals surface area contributed by atoms with E-state index in [9.17, 15) is 5.11 Å². The monoisotopic (exact) mass is 210 g/mol. The van der Waals surface area contributed by atoms with Gasteiger partial charge in [0.25, 0.3) is 0 Å². The van der Waals surface area contributed by atoms with Gasteiger partial charge in [0.05, 0.1) is 6.10 Å². The lowest BCUT2D eigenvalue weighted by molar-refractivity contribution is 0.169. The molecule has 0 bridgehead atoms. The lowest BCUT2D eigenvalue weighted by Crippen LogP contribution is -2.30. The normalized spacial score (nSPS) is 12.1. The molecule has 1 unspecified atom stereocenters. The molecule has 14 heavy (non-hydrogen) atoms. The maximum absolute atomic E-state index is 9.71. The summed E-state index contributed by atoms with van der Waals surface area (Å²) in [6, 6.07) is 9.51. The van der Waals surface area contributed by atoms with Gasteiger partial charge in [-0.25, -0.2) is 0 Å². The van der Waals surface area contributed by atoms with E-state index in [2.05, 4.69) is 17.5 Å². The number of nitrogens with two attached hydrogens (primary N) is 1. The molecule has 0 aliphatic heterocycles. The van der Waals surface area contributed by atoms with Crippen molar-refractivity contribution in [1.82, 2.24) is 5.32 Å². The zero-order valence-corrected chi connectivity index (χ0v) is 8.63. The Morgan fingerprint density at radius 3 is 2.64 bits per heavy atom. The van der Waals surface area contributed by atoms with E-state index in [4.69, 9.17) is 5.73 Å². The number of hydrogen-bond donors (Lipinski definition) is 3. The van der Waals surface area contributed by atoms with Gasteiger partial charge in [-0.3, -0.25) is 0 Å². The lowest BCUT2D eigenvalue weighted by atomic mass is 10.1. The molecule has 1 aromatic rings. The molecule has 0 aliphatic carbocycles. The van der Waals surface area contributed by atoms with E-state index in [-0.39, 0.29) is 5.11 Å². The third-order valence-corrected chi connectivity index (χ3v) is 2.05. The highest BCUT2D eigenvalue weighted by molar-refractivity contribution is 7.80. The second-order valence-electron chi connectivity index (χ2n) is 3.01. The molecule has 0 amide bonds. The average molecular weight is 210 g/mol. The molecular formula is C10H14N2OS. The molecule has 0 radical (unpaired) electrons. The van der Waals surface area contributed by atoms with Crippen molar-refractivity contribution < 1.29 is 5.11 Å². The molecule has 0 fully saturated rings. The fraction of sp³-hybridized carbons (Fsp3) is 0.300. The summed E-state index contributed by atoms with van der Waals surface area (Å²) in [6.07, 6.45) is 0.138. The molecule has 0 heterocycles. The largest absolute Gasteiger partial charge is 0.388 e. The first kappa shape index (κ1) is 10.9. The van der Waals surface area contributed by atoms with Crippen LogP contribution in [0.3, 0.4) is 0 Å². The van der Waals surface area contributed by atoms with E-state index in [0.717, 1.165) is 5.56 Å². The first-order chi connectivity index (χ1) is 6.70. The lowest BCUT2D eigenvalue weighted by Gasteiger charge is -2.11. The molecule has 4 N–H and O–H groups in total. The molecule has 4 heteroatoms. The summed E-state index contributed by atoms with van der Waals surface area (Å²) in [6.45, 7) is 0.589. The maximum atomic E-state index is 9.71. The van der Waals surface area contributed by atoms with Crippen molar-refractivity contribution in [3.05, 3.63) is 35.9 Å². The van der Waals surface area contributed by atoms with Crippen LogP contribution in [0.2, 0.25) is 0 Å². The SMILES string of the molecule is NC(=S)NCCC(O)c1ccccc1. The van der Waals surface area contributed by atoms with Gasteiger partial charge in [-0.1, -0.05) is 30.3 Å². The van der Waals surface area contributed by atoms with Gasteiger partial charge in [-0.15, -0.1) is 0 Å². The van der Waals surface area contributed by atoms with Crippen molar-refractivity contribution >= 4 is 17.3 Å². The zero-order chi connectivity index (χ0) is 10.4. The Bertz CT molecular complexity index is 289. The highest BCUT2D eigenvalue weighted by atomic mass is 32.1. The van der Waals surface area contributed by atoms with Gasteiger partial charge in [0, 0.05) is 6.54 Å². The summed E-state index contributed by atoms with van der Waals surface area (Å²) in [5, 5.41) is 12.8. The number of nitrogens with one attached hydrogen (secondary N) is 1. The summed E-state index contributed by atoms with van der Waals surface area (Å²) in [5.74, 6) is 0. The Labute approximate surface area is 88.9 Å². The minimum Gasteiger partial charge on any atom is -0.388 e. The van der Waals surface area contributed by atoms with Crippen molar-refractivity contribution in [2.45, 2.75) is 12.5 Å². The van der Waals surface area contributed by atoms with Crippen molar-refractivity contribution in [2.75, 3.05) is 6.54 Å². The predicted octanol–water partition coefficient (Wildman–Crippen LogP) is 0.943. The highest BCUT2D eigenvalue weighted by Gasteiger charge is 2.05. The van der Waals surface area contributed by atoms with Gasteiger partial charge in [0.15, 0.2) is 5.11 Å². The standard InChI is InChI=1S/C10H14N2OS/c11-10(14)12-7-6-9(13)8-4-2-1-3-5-8/h1-5,9,13H,6-7H2,(H3,11,12,14). The van der Waals surface area contributed by atoms with E-state index in [0.29, 0.717) is 13.0 Å². The number of rotatable bonds is 4. The van der Waals surface area contributed by atoms with Gasteiger partial charge < -0.3 is 16.2 Å². The number of hydrogen-bond acceptors (Lipinski definition) is 2. The molecule has 0 spiro atoms. The smallest absolute Gasteiger partial charge is 0.163 e. The van der Waals surface area contributed by atoms with E-state index >= 15 is 0 Å². The predicted molar refractivity (Wildman–Crippen MR) is 60.8 cm³/mol. The van der Waals surface area contributed by atoms with Crippen LogP contribution in [-0.2, 0) is 0 Å². The zero-order valence-electron chi connectivity index (χ0n) is 7.81. The molecule has 1 atom stereocenters.